The number of nitrogens with zero attached hydrogens (tertiary/aromatic N) is 2. The van der Waals surface area contributed by atoms with Gasteiger partial charge in [-0.1, -0.05) is 0 Å². The minimum atomic E-state index is 0.0238. The largest absolute Gasteiger partial charge is 0.390 e. The summed E-state index contributed by atoms with van der Waals surface area (Å²) in [4.78, 5) is 3.84. The molecule has 0 unspecified atom stereocenters. The number of aliphatic hydroxyl groups is 1. The van der Waals surface area contributed by atoms with Crippen LogP contribution < -0.4 is 0 Å². The maximum atomic E-state index is 8.47. The van der Waals surface area contributed by atoms with E-state index in [0.717, 1.165) is 0 Å². The summed E-state index contributed by atoms with van der Waals surface area (Å²) in [7, 11) is 0. The quantitative estimate of drug-likeness (QED) is 0.708. The van der Waals surface area contributed by atoms with Crippen LogP contribution in [0.4, 0.5) is 0 Å². The Bertz CT molecular complexity index is 174. The van der Waals surface area contributed by atoms with E-state index in [1.807, 2.05) is 0 Å². The van der Waals surface area contributed by atoms with Crippen LogP contribution in [-0.2, 0) is 6.61 Å². The van der Waals surface area contributed by atoms with Crippen molar-refractivity contribution in [2.24, 2.45) is 0 Å². The SMILES string of the molecule is OCc1cn(I)cn1. The van der Waals surface area contributed by atoms with Crippen molar-refractivity contribution < 1.29 is 5.11 Å². The molecule has 0 saturated heterocycles. The van der Waals surface area contributed by atoms with Crippen LogP contribution >= 0.6 is 22.9 Å². The van der Waals surface area contributed by atoms with Gasteiger partial charge >= 0.3 is 0 Å². The van der Waals surface area contributed by atoms with Crippen LogP contribution in [0.3, 0.4) is 0 Å². The fourth-order valence-corrected chi connectivity index (χ4v) is 0.866. The van der Waals surface area contributed by atoms with Crippen LogP contribution in [0, 0.1) is 0 Å². The monoisotopic (exact) mass is 224 g/mol. The van der Waals surface area contributed by atoms with Gasteiger partial charge in [0.2, 0.25) is 0 Å². The minimum absolute atomic E-state index is 0.0238. The van der Waals surface area contributed by atoms with Crippen molar-refractivity contribution in [1.82, 2.24) is 7.76 Å². The van der Waals surface area contributed by atoms with Crippen LogP contribution in [0.2, 0.25) is 0 Å². The Morgan fingerprint density at radius 2 is 2.62 bits per heavy atom. The number of rotatable bonds is 1. The van der Waals surface area contributed by atoms with Crippen molar-refractivity contribution in [2.45, 2.75) is 6.61 Å². The summed E-state index contributed by atoms with van der Waals surface area (Å²) in [6, 6.07) is 0. The lowest BCUT2D eigenvalue weighted by Gasteiger charge is -1.79. The molecule has 1 heterocycles. The fraction of sp³-hybridized carbons (Fsp3) is 0.250. The zero-order chi connectivity index (χ0) is 5.98. The molecule has 0 spiro atoms. The standard InChI is InChI=1S/C4H5IN2O/c5-7-1-4(2-8)6-3-7/h1,3,8H,2H2. The van der Waals surface area contributed by atoms with E-state index in [-0.39, 0.29) is 6.61 Å². The molecule has 1 aromatic heterocycles. The van der Waals surface area contributed by atoms with Crippen LogP contribution in [0.5, 0.6) is 0 Å². The van der Waals surface area contributed by atoms with E-state index in [1.54, 1.807) is 15.3 Å². The van der Waals surface area contributed by atoms with Crippen molar-refractivity contribution in [3.63, 3.8) is 0 Å². The predicted octanol–water partition coefficient (Wildman–Crippen LogP) is 0.574. The number of hydrogen-bond donors (Lipinski definition) is 1. The van der Waals surface area contributed by atoms with Crippen LogP contribution in [0.25, 0.3) is 0 Å². The van der Waals surface area contributed by atoms with Crippen molar-refractivity contribution in [2.75, 3.05) is 0 Å². The molecule has 0 radical (unpaired) electrons. The van der Waals surface area contributed by atoms with Crippen molar-refractivity contribution in [3.05, 3.63) is 18.2 Å². The molecular formula is C4H5IN2O. The van der Waals surface area contributed by atoms with Gasteiger partial charge in [0.25, 0.3) is 0 Å². The highest BCUT2D eigenvalue weighted by atomic mass is 127. The van der Waals surface area contributed by atoms with Crippen molar-refractivity contribution >= 4 is 22.9 Å². The van der Waals surface area contributed by atoms with Crippen LogP contribution in [-0.4, -0.2) is 12.9 Å². The van der Waals surface area contributed by atoms with Gasteiger partial charge in [0.05, 0.1) is 35.2 Å². The molecule has 8 heavy (non-hydrogen) atoms. The number of imidazole rings is 1. The Morgan fingerprint density at radius 1 is 1.88 bits per heavy atom. The molecule has 4 heteroatoms. The number of hydrogen-bond acceptors (Lipinski definition) is 2. The molecule has 0 atom stereocenters. The molecular weight excluding hydrogens is 219 g/mol. The van der Waals surface area contributed by atoms with Crippen LogP contribution in [0.15, 0.2) is 12.5 Å². The predicted molar refractivity (Wildman–Crippen MR) is 37.6 cm³/mol. The first-order valence-corrected chi connectivity index (χ1v) is 3.09. The Hall–Kier alpha value is -0.100. The lowest BCUT2D eigenvalue weighted by atomic mass is 10.5. The summed E-state index contributed by atoms with van der Waals surface area (Å²) < 4.78 is 1.77. The molecule has 3 nitrogen and oxygen atoms in total. The number of aliphatic hydroxyl groups excluding tert-OH is 1. The summed E-state index contributed by atoms with van der Waals surface area (Å²) in [6.45, 7) is 0.0238. The summed E-state index contributed by atoms with van der Waals surface area (Å²) in [6.07, 6.45) is 3.41. The molecule has 0 aliphatic heterocycles. The second-order valence-electron chi connectivity index (χ2n) is 1.37. The van der Waals surface area contributed by atoms with Gasteiger partial charge in [-0.3, -0.25) is 2.78 Å². The molecule has 1 aromatic rings. The van der Waals surface area contributed by atoms with Gasteiger partial charge in [-0.05, 0) is 0 Å². The first-order valence-electron chi connectivity index (χ1n) is 2.13. The zero-order valence-corrected chi connectivity index (χ0v) is 6.24. The van der Waals surface area contributed by atoms with E-state index >= 15 is 0 Å². The molecule has 0 aliphatic carbocycles. The van der Waals surface area contributed by atoms with Gasteiger partial charge in [0.1, 0.15) is 6.33 Å². The maximum Gasteiger partial charge on any atom is 0.104 e. The van der Waals surface area contributed by atoms with Crippen molar-refractivity contribution in [3.8, 4) is 0 Å². The topological polar surface area (TPSA) is 38.0 Å². The third kappa shape index (κ3) is 1.19. The van der Waals surface area contributed by atoms with E-state index in [1.165, 1.54) is 0 Å². The van der Waals surface area contributed by atoms with Gasteiger partial charge in [0, 0.05) is 6.20 Å². The Labute approximate surface area is 60.8 Å². The average Bonchev–Trinajstić information content (AvgIpc) is 2.14. The molecule has 0 bridgehead atoms. The highest BCUT2D eigenvalue weighted by molar-refractivity contribution is 14.1. The third-order valence-electron chi connectivity index (χ3n) is 0.768. The molecule has 0 saturated carbocycles. The normalized spacial score (nSPS) is 9.75. The van der Waals surface area contributed by atoms with E-state index in [0.29, 0.717) is 5.69 Å². The van der Waals surface area contributed by atoms with E-state index < -0.39 is 0 Å². The Morgan fingerprint density at radius 3 is 2.88 bits per heavy atom. The maximum absolute atomic E-state index is 8.47. The second-order valence-corrected chi connectivity index (χ2v) is 2.48. The summed E-state index contributed by atoms with van der Waals surface area (Å²) in [5, 5.41) is 8.47. The summed E-state index contributed by atoms with van der Waals surface area (Å²) in [5.74, 6) is 0. The molecule has 0 aliphatic rings. The lowest BCUT2D eigenvalue weighted by Crippen LogP contribution is -1.78. The molecule has 0 aromatic carbocycles. The molecule has 1 rings (SSSR count). The highest BCUT2D eigenvalue weighted by Gasteiger charge is 1.90. The van der Waals surface area contributed by atoms with Gasteiger partial charge in [-0.2, -0.15) is 0 Å². The van der Waals surface area contributed by atoms with Crippen LogP contribution in [0.1, 0.15) is 5.69 Å². The Balaban J connectivity index is 2.84. The lowest BCUT2D eigenvalue weighted by molar-refractivity contribution is 0.277. The second kappa shape index (κ2) is 2.45. The Kier molecular flexibility index (Phi) is 1.85. The first kappa shape index (κ1) is 6.03. The molecule has 44 valence electrons. The number of halogens is 1. The van der Waals surface area contributed by atoms with E-state index in [2.05, 4.69) is 27.8 Å². The molecule has 1 N–H and O–H groups in total. The highest BCUT2D eigenvalue weighted by Crippen LogP contribution is 1.97. The molecule has 0 amide bonds. The third-order valence-corrected chi connectivity index (χ3v) is 1.30. The van der Waals surface area contributed by atoms with Gasteiger partial charge in [-0.25, -0.2) is 4.98 Å². The average molecular weight is 224 g/mol. The fourth-order valence-electron chi connectivity index (χ4n) is 0.420. The molecule has 0 fully saturated rings. The number of aromatic nitrogens is 2. The summed E-state index contributed by atoms with van der Waals surface area (Å²) >= 11 is 2.07. The summed E-state index contributed by atoms with van der Waals surface area (Å²) in [5.41, 5.74) is 0.708. The van der Waals surface area contributed by atoms with Gasteiger partial charge in [-0.15, -0.1) is 0 Å². The zero-order valence-electron chi connectivity index (χ0n) is 4.08. The first-order chi connectivity index (χ1) is 3.83. The van der Waals surface area contributed by atoms with E-state index in [9.17, 15) is 0 Å². The van der Waals surface area contributed by atoms with Gasteiger partial charge in [0.15, 0.2) is 0 Å². The van der Waals surface area contributed by atoms with E-state index in [4.69, 9.17) is 5.11 Å². The minimum Gasteiger partial charge on any atom is -0.390 e. The smallest absolute Gasteiger partial charge is 0.104 e. The van der Waals surface area contributed by atoms with Crippen molar-refractivity contribution in [1.29, 1.82) is 0 Å². The van der Waals surface area contributed by atoms with Gasteiger partial charge < -0.3 is 5.11 Å².